The van der Waals surface area contributed by atoms with E-state index in [2.05, 4.69) is 32.2 Å². The third-order valence-corrected chi connectivity index (χ3v) is 6.57. The summed E-state index contributed by atoms with van der Waals surface area (Å²) >= 11 is 1.66. The lowest BCUT2D eigenvalue weighted by atomic mass is 10.1. The topological polar surface area (TPSA) is 86.8 Å². The van der Waals surface area contributed by atoms with Crippen molar-refractivity contribution in [2.45, 2.75) is 63.3 Å². The van der Waals surface area contributed by atoms with E-state index in [1.807, 2.05) is 0 Å². The zero-order chi connectivity index (χ0) is 24.2. The molecule has 2 heterocycles. The summed E-state index contributed by atoms with van der Waals surface area (Å²) in [5, 5.41) is 3.48. The minimum absolute atomic E-state index is 0.00578. The number of aromatic nitrogens is 4. The summed E-state index contributed by atoms with van der Waals surface area (Å²) in [6.07, 6.45) is 11.4. The molecular weight excluding hydrogens is 458 g/mol. The monoisotopic (exact) mass is 490 g/mol. The third kappa shape index (κ3) is 7.93. The second-order valence-corrected chi connectivity index (χ2v) is 9.23. The fourth-order valence-electron chi connectivity index (χ4n) is 3.61. The summed E-state index contributed by atoms with van der Waals surface area (Å²) in [4.78, 5) is 30.2. The smallest absolute Gasteiger partial charge is 0.321 e. The van der Waals surface area contributed by atoms with Crippen molar-refractivity contribution in [3.8, 4) is 0 Å². The van der Waals surface area contributed by atoms with Gasteiger partial charge in [-0.1, -0.05) is 39.0 Å². The number of benzene rings is 1. The van der Waals surface area contributed by atoms with Crippen molar-refractivity contribution in [1.29, 1.82) is 0 Å². The molecule has 2 N–H and O–H groups in total. The van der Waals surface area contributed by atoms with Crippen LogP contribution in [0.15, 0.2) is 35.9 Å². The Balaban J connectivity index is 1.45. The van der Waals surface area contributed by atoms with Crippen LogP contribution < -0.4 is 5.32 Å². The van der Waals surface area contributed by atoms with Crippen molar-refractivity contribution in [3.05, 3.63) is 42.5 Å². The molecule has 3 aromatic rings. The minimum atomic E-state index is -0.774. The molecule has 2 amide bonds. The number of hydrogen-bond donors (Lipinski definition) is 2. The number of carbonyl (C=O) groups is 1. The molecule has 0 aliphatic rings. The van der Waals surface area contributed by atoms with Crippen LogP contribution in [-0.2, 0) is 0 Å². The number of rotatable bonds is 14. The Bertz CT molecular complexity index is 1050. The van der Waals surface area contributed by atoms with Crippen LogP contribution in [0.4, 0.5) is 19.3 Å². The Hall–Kier alpha value is -2.75. The second kappa shape index (κ2) is 13.8. The van der Waals surface area contributed by atoms with Gasteiger partial charge in [0.15, 0.2) is 5.65 Å². The molecule has 0 bridgehead atoms. The zero-order valence-electron chi connectivity index (χ0n) is 19.5. The number of fused-ring (bicyclic) bond motifs is 1. The van der Waals surface area contributed by atoms with E-state index in [1.54, 1.807) is 23.0 Å². The van der Waals surface area contributed by atoms with Gasteiger partial charge < -0.3 is 15.2 Å². The van der Waals surface area contributed by atoms with Gasteiger partial charge in [-0.3, -0.25) is 0 Å². The predicted octanol–water partition coefficient (Wildman–Crippen LogP) is 6.40. The summed E-state index contributed by atoms with van der Waals surface area (Å²) in [6.45, 7) is 3.37. The fraction of sp³-hybridized carbons (Fsp3) is 0.500. The number of unbranched alkanes of at least 4 members (excludes halogenated alkanes) is 6. The van der Waals surface area contributed by atoms with Crippen LogP contribution in [0.3, 0.4) is 0 Å². The summed E-state index contributed by atoms with van der Waals surface area (Å²) in [6, 6.07) is 2.82. The number of carbonyl (C=O) groups excluding carboxylic acids is 1. The van der Waals surface area contributed by atoms with E-state index in [9.17, 15) is 13.6 Å². The highest BCUT2D eigenvalue weighted by Crippen LogP contribution is 2.23. The average molecular weight is 491 g/mol. The first kappa shape index (κ1) is 25.9. The highest BCUT2D eigenvalue weighted by molar-refractivity contribution is 7.99. The molecule has 34 heavy (non-hydrogen) atoms. The summed E-state index contributed by atoms with van der Waals surface area (Å²) in [5.74, 6) is -0.546. The van der Waals surface area contributed by atoms with Crippen LogP contribution in [0.2, 0.25) is 0 Å². The van der Waals surface area contributed by atoms with Crippen LogP contribution in [0, 0.1) is 11.6 Å². The normalized spacial score (nSPS) is 11.1. The summed E-state index contributed by atoms with van der Waals surface area (Å²) in [5.41, 5.74) is 1.51. The number of imidazole rings is 1. The standard InChI is InChI=1S/C24H32F2N6OS/c1-2-3-4-5-7-12-32(24(33)31-20-11-10-18(25)15-19(20)26)13-8-6-9-14-34-23-21-22(28-16-27-21)29-17-30-23/h10-11,15-17H,2-9,12-14H2,1H3,(H,31,33)(H,27,28,29,30). The fourth-order valence-corrected chi connectivity index (χ4v) is 4.57. The number of hydrogen-bond acceptors (Lipinski definition) is 5. The van der Waals surface area contributed by atoms with E-state index in [0.717, 1.165) is 73.4 Å². The molecule has 2 aromatic heterocycles. The molecule has 0 saturated heterocycles. The van der Waals surface area contributed by atoms with Crippen LogP contribution in [0.25, 0.3) is 11.2 Å². The van der Waals surface area contributed by atoms with Gasteiger partial charge in [0.25, 0.3) is 0 Å². The van der Waals surface area contributed by atoms with Crippen molar-refractivity contribution in [2.24, 2.45) is 0 Å². The number of urea groups is 1. The molecule has 184 valence electrons. The first-order valence-corrected chi connectivity index (χ1v) is 12.8. The number of aromatic amines is 1. The third-order valence-electron chi connectivity index (χ3n) is 5.49. The quantitative estimate of drug-likeness (QED) is 0.155. The lowest BCUT2D eigenvalue weighted by Gasteiger charge is -2.23. The van der Waals surface area contributed by atoms with Crippen molar-refractivity contribution < 1.29 is 13.6 Å². The van der Waals surface area contributed by atoms with Crippen LogP contribution in [-0.4, -0.2) is 49.7 Å². The van der Waals surface area contributed by atoms with Crippen LogP contribution in [0.1, 0.15) is 58.3 Å². The highest BCUT2D eigenvalue weighted by atomic mass is 32.2. The molecule has 3 rings (SSSR count). The number of H-pyrrole nitrogens is 1. The Morgan fingerprint density at radius 1 is 1.03 bits per heavy atom. The molecule has 0 spiro atoms. The lowest BCUT2D eigenvalue weighted by Crippen LogP contribution is -2.36. The van der Waals surface area contributed by atoms with Crippen molar-refractivity contribution in [3.63, 3.8) is 0 Å². The lowest BCUT2D eigenvalue weighted by molar-refractivity contribution is 0.209. The van der Waals surface area contributed by atoms with E-state index in [4.69, 9.17) is 0 Å². The van der Waals surface area contributed by atoms with E-state index in [0.29, 0.717) is 18.7 Å². The number of amides is 2. The molecule has 1 aromatic carbocycles. The number of halogens is 2. The second-order valence-electron chi connectivity index (χ2n) is 8.14. The summed E-state index contributed by atoms with van der Waals surface area (Å²) < 4.78 is 27.2. The molecule has 7 nitrogen and oxygen atoms in total. The zero-order valence-corrected chi connectivity index (χ0v) is 20.3. The summed E-state index contributed by atoms with van der Waals surface area (Å²) in [7, 11) is 0. The molecule has 0 fully saturated rings. The van der Waals surface area contributed by atoms with Gasteiger partial charge in [0, 0.05) is 19.2 Å². The van der Waals surface area contributed by atoms with Gasteiger partial charge in [-0.15, -0.1) is 11.8 Å². The van der Waals surface area contributed by atoms with Crippen molar-refractivity contribution >= 4 is 34.6 Å². The van der Waals surface area contributed by atoms with Crippen LogP contribution >= 0.6 is 11.8 Å². The number of anilines is 1. The molecule has 0 aliphatic heterocycles. The highest BCUT2D eigenvalue weighted by Gasteiger charge is 2.15. The molecule has 0 saturated carbocycles. The van der Waals surface area contributed by atoms with E-state index < -0.39 is 11.6 Å². The maximum atomic E-state index is 14.0. The van der Waals surface area contributed by atoms with E-state index >= 15 is 0 Å². The average Bonchev–Trinajstić information content (AvgIpc) is 3.31. The van der Waals surface area contributed by atoms with Gasteiger partial charge in [-0.05, 0) is 37.1 Å². The molecule has 10 heteroatoms. The molecule has 0 radical (unpaired) electrons. The first-order valence-electron chi connectivity index (χ1n) is 11.9. The van der Waals surface area contributed by atoms with Gasteiger partial charge in [0.1, 0.15) is 28.5 Å². The Morgan fingerprint density at radius 3 is 2.56 bits per heavy atom. The van der Waals surface area contributed by atoms with Gasteiger partial charge >= 0.3 is 6.03 Å². The Kier molecular flexibility index (Phi) is 10.5. The maximum absolute atomic E-state index is 14.0. The number of thioether (sulfide) groups is 1. The molecule has 0 unspecified atom stereocenters. The Morgan fingerprint density at radius 2 is 1.79 bits per heavy atom. The van der Waals surface area contributed by atoms with Gasteiger partial charge in [0.05, 0.1) is 12.0 Å². The van der Waals surface area contributed by atoms with Gasteiger partial charge in [0.2, 0.25) is 0 Å². The van der Waals surface area contributed by atoms with Gasteiger partial charge in [-0.25, -0.2) is 28.5 Å². The first-order chi connectivity index (χ1) is 16.6. The molecule has 0 aliphatic carbocycles. The van der Waals surface area contributed by atoms with Crippen LogP contribution in [0.5, 0.6) is 0 Å². The Labute approximate surface area is 203 Å². The minimum Gasteiger partial charge on any atom is -0.341 e. The van der Waals surface area contributed by atoms with Gasteiger partial charge in [-0.2, -0.15) is 0 Å². The number of nitrogens with one attached hydrogen (secondary N) is 2. The van der Waals surface area contributed by atoms with Crippen molar-refractivity contribution in [1.82, 2.24) is 24.8 Å². The van der Waals surface area contributed by atoms with E-state index in [1.165, 1.54) is 18.8 Å². The van der Waals surface area contributed by atoms with Crippen molar-refractivity contribution in [2.75, 3.05) is 24.2 Å². The SMILES string of the molecule is CCCCCCCN(CCCCCSc1ncnc2nc[nH]c12)C(=O)Nc1ccc(F)cc1F. The molecular formula is C24H32F2N6OS. The largest absolute Gasteiger partial charge is 0.341 e. The maximum Gasteiger partial charge on any atom is 0.321 e. The number of nitrogens with zero attached hydrogens (tertiary/aromatic N) is 4. The predicted molar refractivity (Wildman–Crippen MR) is 132 cm³/mol. The molecule has 0 atom stereocenters. The van der Waals surface area contributed by atoms with E-state index in [-0.39, 0.29) is 11.7 Å².